The summed E-state index contributed by atoms with van der Waals surface area (Å²) in [6.45, 7) is 3.78. The zero-order chi connectivity index (χ0) is 9.14. The van der Waals surface area contributed by atoms with Crippen LogP contribution < -0.4 is 0 Å². The minimum atomic E-state index is -0.00463. The number of allylic oxidation sites excluding steroid dienone is 2. The number of thiophene rings is 1. The van der Waals surface area contributed by atoms with Crippen molar-refractivity contribution in [2.75, 3.05) is 0 Å². The molecule has 0 saturated carbocycles. The van der Waals surface area contributed by atoms with Gasteiger partial charge < -0.3 is 0 Å². The second-order valence-corrected chi connectivity index (χ2v) is 4.01. The van der Waals surface area contributed by atoms with Gasteiger partial charge >= 0.3 is 0 Å². The molecule has 0 aliphatic heterocycles. The van der Waals surface area contributed by atoms with Crippen LogP contribution in [-0.2, 0) is 0 Å². The first-order valence-electron chi connectivity index (χ1n) is 3.53. The first kappa shape index (κ1) is 9.49. The van der Waals surface area contributed by atoms with E-state index in [1.165, 1.54) is 11.3 Å². The van der Waals surface area contributed by atoms with E-state index in [4.69, 9.17) is 11.6 Å². The topological polar surface area (TPSA) is 17.1 Å². The Hall–Kier alpha value is -0.600. The van der Waals surface area contributed by atoms with Crippen LogP contribution in [0.5, 0.6) is 0 Å². The molecule has 1 aromatic heterocycles. The molecule has 0 spiro atoms. The monoisotopic (exact) mass is 200 g/mol. The van der Waals surface area contributed by atoms with E-state index < -0.39 is 0 Å². The van der Waals surface area contributed by atoms with Gasteiger partial charge in [-0.05, 0) is 31.4 Å². The van der Waals surface area contributed by atoms with Gasteiger partial charge in [-0.1, -0.05) is 17.2 Å². The highest BCUT2D eigenvalue weighted by Gasteiger charge is 2.08. The van der Waals surface area contributed by atoms with E-state index in [9.17, 15) is 4.79 Å². The highest BCUT2D eigenvalue weighted by atomic mass is 35.5. The number of rotatable bonds is 2. The van der Waals surface area contributed by atoms with Gasteiger partial charge in [0.1, 0.15) is 0 Å². The van der Waals surface area contributed by atoms with E-state index in [1.807, 2.05) is 19.2 Å². The molecule has 1 rings (SSSR count). The molecule has 0 aliphatic rings. The van der Waals surface area contributed by atoms with Gasteiger partial charge in [0.25, 0.3) is 0 Å². The number of carbonyl (C=O) groups excluding carboxylic acids is 1. The Morgan fingerprint density at radius 2 is 2.25 bits per heavy atom. The highest BCUT2D eigenvalue weighted by Crippen LogP contribution is 2.22. The normalized spacial score (nSPS) is 9.58. The summed E-state index contributed by atoms with van der Waals surface area (Å²) in [4.78, 5) is 12.0. The van der Waals surface area contributed by atoms with Crippen molar-refractivity contribution in [2.45, 2.75) is 13.8 Å². The molecule has 3 heteroatoms. The van der Waals surface area contributed by atoms with Crippen molar-refractivity contribution in [3.05, 3.63) is 33.0 Å². The maximum Gasteiger partial charge on any atom is 0.197 e. The van der Waals surface area contributed by atoms with Crippen LogP contribution in [0.4, 0.5) is 0 Å². The van der Waals surface area contributed by atoms with Crippen molar-refractivity contribution >= 4 is 28.7 Å². The predicted octanol–water partition coefficient (Wildman–Crippen LogP) is 3.55. The highest BCUT2D eigenvalue weighted by molar-refractivity contribution is 7.13. The van der Waals surface area contributed by atoms with Gasteiger partial charge in [0.15, 0.2) is 5.78 Å². The first-order chi connectivity index (χ1) is 5.61. The van der Waals surface area contributed by atoms with Crippen molar-refractivity contribution in [2.24, 2.45) is 0 Å². The average molecular weight is 201 g/mol. The third-order valence-corrected chi connectivity index (χ3v) is 2.62. The summed E-state index contributed by atoms with van der Waals surface area (Å²) in [7, 11) is 0. The number of ketones is 1. The van der Waals surface area contributed by atoms with Crippen LogP contribution in [0.3, 0.4) is 0 Å². The molecule has 64 valence electrons. The fourth-order valence-corrected chi connectivity index (χ4v) is 1.86. The lowest BCUT2D eigenvalue weighted by Gasteiger charge is -1.91. The summed E-state index contributed by atoms with van der Waals surface area (Å²) >= 11 is 7.15. The molecule has 0 bridgehead atoms. The Balaban J connectivity index is 2.93. The summed E-state index contributed by atoms with van der Waals surface area (Å²) < 4.78 is 0. The Kier molecular flexibility index (Phi) is 3.06. The molecule has 0 saturated heterocycles. The fourth-order valence-electron chi connectivity index (χ4n) is 0.797. The lowest BCUT2D eigenvalue weighted by molar-refractivity contribution is 0.105. The number of hydrogen-bond donors (Lipinski definition) is 0. The summed E-state index contributed by atoms with van der Waals surface area (Å²) in [6.07, 6.45) is 1.59. The minimum Gasteiger partial charge on any atom is -0.288 e. The van der Waals surface area contributed by atoms with Gasteiger partial charge in [-0.15, -0.1) is 11.3 Å². The lowest BCUT2D eigenvalue weighted by atomic mass is 10.2. The van der Waals surface area contributed by atoms with E-state index in [0.29, 0.717) is 9.90 Å². The first-order valence-corrected chi connectivity index (χ1v) is 4.79. The van der Waals surface area contributed by atoms with Crippen LogP contribution in [0, 0.1) is 0 Å². The molecule has 0 radical (unpaired) electrons. The molecule has 0 aliphatic carbocycles. The summed E-state index contributed by atoms with van der Waals surface area (Å²) in [5.74, 6) is -0.00463. The van der Waals surface area contributed by atoms with E-state index in [0.717, 1.165) is 5.57 Å². The molecule has 1 nitrogen and oxygen atoms in total. The van der Waals surface area contributed by atoms with Crippen molar-refractivity contribution in [1.82, 2.24) is 0 Å². The Bertz CT molecular complexity index is 321. The third-order valence-electron chi connectivity index (χ3n) is 1.26. The molecule has 0 amide bonds. The average Bonchev–Trinajstić information content (AvgIpc) is 2.33. The van der Waals surface area contributed by atoms with E-state index in [2.05, 4.69) is 0 Å². The van der Waals surface area contributed by atoms with Crippen molar-refractivity contribution < 1.29 is 4.79 Å². The van der Waals surface area contributed by atoms with Crippen molar-refractivity contribution in [3.63, 3.8) is 0 Å². The summed E-state index contributed by atoms with van der Waals surface area (Å²) in [5.41, 5.74) is 0.990. The van der Waals surface area contributed by atoms with Crippen LogP contribution in [-0.4, -0.2) is 5.78 Å². The fraction of sp³-hybridized carbons (Fsp3) is 0.222. The molecular weight excluding hydrogens is 192 g/mol. The molecule has 0 unspecified atom stereocenters. The van der Waals surface area contributed by atoms with Crippen LogP contribution in [0.2, 0.25) is 5.02 Å². The van der Waals surface area contributed by atoms with E-state index in [-0.39, 0.29) is 5.78 Å². The molecule has 12 heavy (non-hydrogen) atoms. The number of carbonyl (C=O) groups is 1. The number of halogens is 1. The second-order valence-electron chi connectivity index (χ2n) is 2.68. The minimum absolute atomic E-state index is 0.00463. The molecule has 0 N–H and O–H groups in total. The molecule has 1 heterocycles. The molecule has 0 fully saturated rings. The second kappa shape index (κ2) is 3.87. The van der Waals surface area contributed by atoms with Crippen LogP contribution in [0.1, 0.15) is 23.5 Å². The lowest BCUT2D eigenvalue weighted by Crippen LogP contribution is -1.91. The maximum absolute atomic E-state index is 11.4. The zero-order valence-electron chi connectivity index (χ0n) is 6.93. The van der Waals surface area contributed by atoms with Gasteiger partial charge in [-0.2, -0.15) is 0 Å². The van der Waals surface area contributed by atoms with Gasteiger partial charge in [-0.3, -0.25) is 4.79 Å². The van der Waals surface area contributed by atoms with Gasteiger partial charge in [0.2, 0.25) is 0 Å². The smallest absolute Gasteiger partial charge is 0.197 e. The zero-order valence-corrected chi connectivity index (χ0v) is 8.50. The third kappa shape index (κ3) is 2.19. The van der Waals surface area contributed by atoms with Gasteiger partial charge in [0, 0.05) is 0 Å². The summed E-state index contributed by atoms with van der Waals surface area (Å²) in [5, 5.41) is 2.36. The Morgan fingerprint density at radius 3 is 2.67 bits per heavy atom. The molecular formula is C9H9ClOS. The van der Waals surface area contributed by atoms with Crippen molar-refractivity contribution in [3.8, 4) is 0 Å². The maximum atomic E-state index is 11.4. The van der Waals surface area contributed by atoms with E-state index >= 15 is 0 Å². The van der Waals surface area contributed by atoms with Gasteiger partial charge in [0.05, 0.1) is 9.90 Å². The van der Waals surface area contributed by atoms with Crippen LogP contribution >= 0.6 is 22.9 Å². The number of hydrogen-bond acceptors (Lipinski definition) is 2. The van der Waals surface area contributed by atoms with Crippen molar-refractivity contribution in [1.29, 1.82) is 0 Å². The summed E-state index contributed by atoms with van der Waals surface area (Å²) in [6, 6.07) is 1.73. The van der Waals surface area contributed by atoms with Crippen LogP contribution in [0.15, 0.2) is 23.1 Å². The Labute approximate surface area is 80.7 Å². The molecule has 1 aromatic rings. The van der Waals surface area contributed by atoms with Crippen LogP contribution in [0.25, 0.3) is 0 Å². The molecule has 0 atom stereocenters. The SMILES string of the molecule is CC(C)=CC(=O)c1sccc1Cl. The quantitative estimate of drug-likeness (QED) is 0.527. The largest absolute Gasteiger partial charge is 0.288 e. The standard InChI is InChI=1S/C9H9ClOS/c1-6(2)5-8(11)9-7(10)3-4-12-9/h3-5H,1-2H3. The predicted molar refractivity (Wildman–Crippen MR) is 53.1 cm³/mol. The molecule has 0 aromatic carbocycles. The van der Waals surface area contributed by atoms with E-state index in [1.54, 1.807) is 12.1 Å². The Morgan fingerprint density at radius 1 is 1.58 bits per heavy atom. The van der Waals surface area contributed by atoms with Gasteiger partial charge in [-0.25, -0.2) is 0 Å².